The monoisotopic (exact) mass is 133 g/mol. The van der Waals surface area contributed by atoms with E-state index in [0.29, 0.717) is 5.92 Å². The van der Waals surface area contributed by atoms with Crippen molar-refractivity contribution in [1.29, 1.82) is 0 Å². The minimum atomic E-state index is -0.162. The molecule has 0 saturated heterocycles. The van der Waals surface area contributed by atoms with Gasteiger partial charge >= 0.3 is 0 Å². The standard InChI is InChI=1S/C6H15NO2/c1-5(2)3-6(4-8)7-9/h5-9H,3-4H2,1-2H3. The number of hydrogen-bond acceptors (Lipinski definition) is 3. The topological polar surface area (TPSA) is 52.5 Å². The van der Waals surface area contributed by atoms with E-state index in [1.807, 2.05) is 19.3 Å². The van der Waals surface area contributed by atoms with Crippen LogP contribution in [0.2, 0.25) is 0 Å². The Balaban J connectivity index is 3.31. The summed E-state index contributed by atoms with van der Waals surface area (Å²) < 4.78 is 0. The molecule has 3 N–H and O–H groups in total. The fourth-order valence-electron chi connectivity index (χ4n) is 0.737. The zero-order valence-electron chi connectivity index (χ0n) is 5.96. The molecular formula is C6H15NO2. The summed E-state index contributed by atoms with van der Waals surface area (Å²) in [5.41, 5.74) is 2.03. The van der Waals surface area contributed by atoms with E-state index >= 15 is 0 Å². The summed E-state index contributed by atoms with van der Waals surface area (Å²) in [4.78, 5) is 0. The SMILES string of the molecule is CC(C)CC(CO)NO. The van der Waals surface area contributed by atoms with Crippen molar-refractivity contribution >= 4 is 0 Å². The third-order valence-corrected chi connectivity index (χ3v) is 1.16. The van der Waals surface area contributed by atoms with Crippen LogP contribution in [0.1, 0.15) is 20.3 Å². The van der Waals surface area contributed by atoms with Crippen molar-refractivity contribution in [3.8, 4) is 0 Å². The van der Waals surface area contributed by atoms with Crippen LogP contribution in [0.25, 0.3) is 0 Å². The van der Waals surface area contributed by atoms with Gasteiger partial charge in [-0.25, -0.2) is 5.48 Å². The summed E-state index contributed by atoms with van der Waals surface area (Å²) in [6.45, 7) is 4.08. The van der Waals surface area contributed by atoms with Gasteiger partial charge in [-0.15, -0.1) is 0 Å². The molecule has 0 aromatic rings. The molecular weight excluding hydrogens is 118 g/mol. The molecule has 3 heteroatoms. The fraction of sp³-hybridized carbons (Fsp3) is 1.00. The normalized spacial score (nSPS) is 14.3. The van der Waals surface area contributed by atoms with Crippen LogP contribution in [0.15, 0.2) is 0 Å². The highest BCUT2D eigenvalue weighted by molar-refractivity contribution is 4.61. The van der Waals surface area contributed by atoms with Crippen LogP contribution in [0.4, 0.5) is 0 Å². The van der Waals surface area contributed by atoms with Gasteiger partial charge in [0.2, 0.25) is 0 Å². The Morgan fingerprint density at radius 2 is 2.00 bits per heavy atom. The van der Waals surface area contributed by atoms with Gasteiger partial charge in [-0.1, -0.05) is 13.8 Å². The molecule has 1 unspecified atom stereocenters. The smallest absolute Gasteiger partial charge is 0.0607 e. The Labute approximate surface area is 55.7 Å². The van der Waals surface area contributed by atoms with Crippen molar-refractivity contribution in [2.24, 2.45) is 5.92 Å². The van der Waals surface area contributed by atoms with Gasteiger partial charge in [-0.05, 0) is 12.3 Å². The molecule has 3 nitrogen and oxygen atoms in total. The lowest BCUT2D eigenvalue weighted by molar-refractivity contribution is 0.0803. The summed E-state index contributed by atoms with van der Waals surface area (Å²) in [6, 6.07) is -0.162. The Kier molecular flexibility index (Phi) is 4.67. The van der Waals surface area contributed by atoms with Crippen molar-refractivity contribution in [1.82, 2.24) is 5.48 Å². The third-order valence-electron chi connectivity index (χ3n) is 1.16. The molecule has 0 heterocycles. The van der Waals surface area contributed by atoms with Gasteiger partial charge in [0.1, 0.15) is 0 Å². The molecule has 0 aromatic heterocycles. The van der Waals surface area contributed by atoms with Gasteiger partial charge in [0.05, 0.1) is 12.6 Å². The molecule has 0 rings (SSSR count). The van der Waals surface area contributed by atoms with E-state index in [1.165, 1.54) is 0 Å². The van der Waals surface area contributed by atoms with Crippen molar-refractivity contribution in [2.75, 3.05) is 6.61 Å². The first kappa shape index (κ1) is 8.88. The first-order valence-electron chi connectivity index (χ1n) is 3.21. The molecule has 0 bridgehead atoms. The van der Waals surface area contributed by atoms with Crippen LogP contribution in [-0.2, 0) is 0 Å². The van der Waals surface area contributed by atoms with E-state index < -0.39 is 0 Å². The zero-order chi connectivity index (χ0) is 7.28. The van der Waals surface area contributed by atoms with Gasteiger partial charge < -0.3 is 10.3 Å². The average Bonchev–Trinajstić information content (AvgIpc) is 1.82. The molecule has 0 aliphatic rings. The number of hydroxylamine groups is 1. The first-order chi connectivity index (χ1) is 4.20. The Hall–Kier alpha value is -0.120. The maximum atomic E-state index is 8.55. The average molecular weight is 133 g/mol. The summed E-state index contributed by atoms with van der Waals surface area (Å²) in [6.07, 6.45) is 0.799. The highest BCUT2D eigenvalue weighted by atomic mass is 16.5. The lowest BCUT2D eigenvalue weighted by atomic mass is 10.1. The number of nitrogens with one attached hydrogen (secondary N) is 1. The van der Waals surface area contributed by atoms with Gasteiger partial charge in [-0.3, -0.25) is 0 Å². The fourth-order valence-corrected chi connectivity index (χ4v) is 0.737. The van der Waals surface area contributed by atoms with E-state index in [9.17, 15) is 0 Å². The van der Waals surface area contributed by atoms with Crippen LogP contribution >= 0.6 is 0 Å². The van der Waals surface area contributed by atoms with E-state index in [-0.39, 0.29) is 12.6 Å². The number of aliphatic hydroxyl groups excluding tert-OH is 1. The second-order valence-electron chi connectivity index (χ2n) is 2.64. The third kappa shape index (κ3) is 4.39. The highest BCUT2D eigenvalue weighted by Crippen LogP contribution is 2.02. The maximum absolute atomic E-state index is 8.55. The molecule has 0 amide bonds. The van der Waals surface area contributed by atoms with E-state index in [2.05, 4.69) is 0 Å². The highest BCUT2D eigenvalue weighted by Gasteiger charge is 2.06. The minimum absolute atomic E-state index is 0.00528. The van der Waals surface area contributed by atoms with Gasteiger partial charge in [0.15, 0.2) is 0 Å². The molecule has 0 radical (unpaired) electrons. The molecule has 0 aliphatic carbocycles. The van der Waals surface area contributed by atoms with Crippen LogP contribution in [0, 0.1) is 5.92 Å². The van der Waals surface area contributed by atoms with Crippen molar-refractivity contribution < 1.29 is 10.3 Å². The predicted molar refractivity (Wildman–Crippen MR) is 35.3 cm³/mol. The largest absolute Gasteiger partial charge is 0.395 e. The Bertz CT molecular complexity index is 62.1. The summed E-state index contributed by atoms with van der Waals surface area (Å²) >= 11 is 0. The van der Waals surface area contributed by atoms with E-state index in [4.69, 9.17) is 10.3 Å². The lowest BCUT2D eigenvalue weighted by Crippen LogP contribution is -2.30. The lowest BCUT2D eigenvalue weighted by Gasteiger charge is -2.13. The molecule has 0 spiro atoms. The molecule has 0 aliphatic heterocycles. The summed E-state index contributed by atoms with van der Waals surface area (Å²) in [5, 5.41) is 16.9. The maximum Gasteiger partial charge on any atom is 0.0607 e. The van der Waals surface area contributed by atoms with Crippen LogP contribution < -0.4 is 5.48 Å². The van der Waals surface area contributed by atoms with Gasteiger partial charge in [0.25, 0.3) is 0 Å². The molecule has 9 heavy (non-hydrogen) atoms. The second kappa shape index (κ2) is 4.73. The summed E-state index contributed by atoms with van der Waals surface area (Å²) in [5.74, 6) is 0.502. The summed E-state index contributed by atoms with van der Waals surface area (Å²) in [7, 11) is 0. The number of hydrogen-bond donors (Lipinski definition) is 3. The number of aliphatic hydroxyl groups is 1. The van der Waals surface area contributed by atoms with Crippen LogP contribution in [0.5, 0.6) is 0 Å². The van der Waals surface area contributed by atoms with E-state index in [0.717, 1.165) is 6.42 Å². The molecule has 56 valence electrons. The molecule has 0 fully saturated rings. The zero-order valence-corrected chi connectivity index (χ0v) is 5.96. The molecule has 1 atom stereocenters. The van der Waals surface area contributed by atoms with Crippen molar-refractivity contribution in [3.05, 3.63) is 0 Å². The van der Waals surface area contributed by atoms with Crippen LogP contribution in [-0.4, -0.2) is 23.0 Å². The van der Waals surface area contributed by atoms with E-state index in [1.54, 1.807) is 0 Å². The minimum Gasteiger partial charge on any atom is -0.395 e. The second-order valence-corrected chi connectivity index (χ2v) is 2.64. The Morgan fingerprint density at radius 1 is 1.44 bits per heavy atom. The number of rotatable bonds is 4. The van der Waals surface area contributed by atoms with Gasteiger partial charge in [0, 0.05) is 0 Å². The first-order valence-corrected chi connectivity index (χ1v) is 3.21. The molecule has 0 saturated carbocycles. The van der Waals surface area contributed by atoms with Crippen molar-refractivity contribution in [2.45, 2.75) is 26.3 Å². The predicted octanol–water partition coefficient (Wildman–Crippen LogP) is 0.372. The van der Waals surface area contributed by atoms with Gasteiger partial charge in [-0.2, -0.15) is 0 Å². The quantitative estimate of drug-likeness (QED) is 0.486. The molecule has 0 aromatic carbocycles. The van der Waals surface area contributed by atoms with Crippen molar-refractivity contribution in [3.63, 3.8) is 0 Å². The van der Waals surface area contributed by atoms with Crippen LogP contribution in [0.3, 0.4) is 0 Å². The Morgan fingerprint density at radius 3 is 2.11 bits per heavy atom.